The van der Waals surface area contributed by atoms with E-state index in [4.69, 9.17) is 20.9 Å². The maximum atomic E-state index is 9.56. The Balaban J connectivity index is 1.28. The SMILES string of the molecule is [2H]C1(N2CCC(c3cc4c(cnn4-c4cc(N5CCO[C@H](CO)C5)nc(C)n4)cc3C)CC2)CCOC1. The summed E-state index contributed by atoms with van der Waals surface area (Å²) >= 11 is 0. The first-order valence-electron chi connectivity index (χ1n) is 13.6. The normalized spacial score (nSPS) is 26.6. The molecule has 0 bridgehead atoms. The Bertz CT molecular complexity index is 1270. The summed E-state index contributed by atoms with van der Waals surface area (Å²) in [5.41, 5.74) is 3.70. The number of ether oxygens (including phenoxy) is 2. The lowest BCUT2D eigenvalue weighted by molar-refractivity contribution is 0.00335. The molecule has 3 fully saturated rings. The summed E-state index contributed by atoms with van der Waals surface area (Å²) in [5.74, 6) is 2.71. The molecule has 6 rings (SSSR count). The number of benzene rings is 1. The first-order valence-corrected chi connectivity index (χ1v) is 13.1. The van der Waals surface area contributed by atoms with Crippen molar-refractivity contribution in [3.63, 3.8) is 0 Å². The Kier molecular flexibility index (Phi) is 6.31. The van der Waals surface area contributed by atoms with Gasteiger partial charge in [-0.3, -0.25) is 4.90 Å². The first kappa shape index (κ1) is 22.6. The largest absolute Gasteiger partial charge is 0.394 e. The molecule has 1 unspecified atom stereocenters. The van der Waals surface area contributed by atoms with Crippen molar-refractivity contribution in [1.29, 1.82) is 0 Å². The standard InChI is InChI=1S/C27H36N6O3/c1-18-11-21-14-28-33(27-13-26(29-19(2)30-27)32-8-10-36-23(15-32)16-34)25(21)12-24(18)20-3-6-31(7-4-20)22-5-9-35-17-22/h11-14,20,22-23,34H,3-10,15-17H2,1-2H3/t22?,23-/m0/s1/i22D. The van der Waals surface area contributed by atoms with E-state index in [1.54, 1.807) is 0 Å². The summed E-state index contributed by atoms with van der Waals surface area (Å²) in [6, 6.07) is 5.96. The number of morpholine rings is 1. The molecule has 9 nitrogen and oxygen atoms in total. The van der Waals surface area contributed by atoms with Gasteiger partial charge in [0.1, 0.15) is 11.6 Å². The first-order chi connectivity index (χ1) is 17.9. The summed E-state index contributed by atoms with van der Waals surface area (Å²) in [6.45, 7) is 9.04. The van der Waals surface area contributed by atoms with Crippen molar-refractivity contribution >= 4 is 16.7 Å². The summed E-state index contributed by atoms with van der Waals surface area (Å²) in [7, 11) is 0. The van der Waals surface area contributed by atoms with E-state index >= 15 is 0 Å². The van der Waals surface area contributed by atoms with Gasteiger partial charge in [0, 0.05) is 38.5 Å². The molecular weight excluding hydrogens is 456 g/mol. The molecule has 36 heavy (non-hydrogen) atoms. The molecule has 3 saturated heterocycles. The van der Waals surface area contributed by atoms with Crippen molar-refractivity contribution in [3.05, 3.63) is 41.3 Å². The van der Waals surface area contributed by atoms with Gasteiger partial charge >= 0.3 is 0 Å². The van der Waals surface area contributed by atoms with E-state index in [1.165, 1.54) is 11.1 Å². The lowest BCUT2D eigenvalue weighted by Crippen LogP contribution is -2.44. The number of hydrogen-bond acceptors (Lipinski definition) is 8. The molecule has 192 valence electrons. The quantitative estimate of drug-likeness (QED) is 0.580. The van der Waals surface area contributed by atoms with Crippen LogP contribution in [-0.4, -0.2) is 94.5 Å². The van der Waals surface area contributed by atoms with Crippen molar-refractivity contribution in [2.24, 2.45) is 0 Å². The van der Waals surface area contributed by atoms with Crippen LogP contribution in [0.25, 0.3) is 16.7 Å². The molecule has 5 heterocycles. The molecule has 3 aliphatic heterocycles. The minimum Gasteiger partial charge on any atom is -0.394 e. The highest BCUT2D eigenvalue weighted by Gasteiger charge is 2.29. The number of anilines is 1. The lowest BCUT2D eigenvalue weighted by atomic mass is 9.86. The molecule has 2 atom stereocenters. The van der Waals surface area contributed by atoms with Crippen molar-refractivity contribution in [2.75, 3.05) is 57.5 Å². The second-order valence-electron chi connectivity index (χ2n) is 10.2. The molecule has 9 heteroatoms. The molecule has 2 aromatic heterocycles. The predicted molar refractivity (Wildman–Crippen MR) is 138 cm³/mol. The fourth-order valence-corrected chi connectivity index (χ4v) is 5.88. The summed E-state index contributed by atoms with van der Waals surface area (Å²) in [5, 5.41) is 15.4. The maximum absolute atomic E-state index is 9.56. The molecule has 0 spiro atoms. The van der Waals surface area contributed by atoms with Gasteiger partial charge in [0.15, 0.2) is 5.82 Å². The number of hydrogen-bond donors (Lipinski definition) is 1. The van der Waals surface area contributed by atoms with Gasteiger partial charge < -0.3 is 19.5 Å². The van der Waals surface area contributed by atoms with E-state index in [0.29, 0.717) is 38.1 Å². The van der Waals surface area contributed by atoms with Crippen LogP contribution in [0, 0.1) is 13.8 Å². The number of rotatable bonds is 5. The zero-order valence-electron chi connectivity index (χ0n) is 22.2. The average molecular weight is 494 g/mol. The third kappa shape index (κ3) is 4.61. The van der Waals surface area contributed by atoms with Gasteiger partial charge in [0.2, 0.25) is 0 Å². The molecule has 0 radical (unpaired) electrons. The van der Waals surface area contributed by atoms with E-state index in [0.717, 1.165) is 61.4 Å². The van der Waals surface area contributed by atoms with E-state index in [1.807, 2.05) is 23.9 Å². The van der Waals surface area contributed by atoms with Crippen molar-refractivity contribution in [2.45, 2.75) is 51.1 Å². The Morgan fingerprint density at radius 3 is 2.67 bits per heavy atom. The molecule has 3 aliphatic rings. The van der Waals surface area contributed by atoms with Crippen LogP contribution in [0.2, 0.25) is 0 Å². The van der Waals surface area contributed by atoms with Gasteiger partial charge in [-0.25, -0.2) is 14.6 Å². The van der Waals surface area contributed by atoms with Crippen molar-refractivity contribution in [1.82, 2.24) is 24.6 Å². The van der Waals surface area contributed by atoms with Crippen LogP contribution in [0.5, 0.6) is 0 Å². The summed E-state index contributed by atoms with van der Waals surface area (Å²) in [4.78, 5) is 13.9. The van der Waals surface area contributed by atoms with Crippen LogP contribution in [0.3, 0.4) is 0 Å². The van der Waals surface area contributed by atoms with Gasteiger partial charge in [-0.1, -0.05) is 0 Å². The Hall–Kier alpha value is -2.59. The van der Waals surface area contributed by atoms with Crippen LogP contribution in [0.4, 0.5) is 5.82 Å². The van der Waals surface area contributed by atoms with Crippen LogP contribution in [0.15, 0.2) is 24.4 Å². The molecule has 0 aliphatic carbocycles. The third-order valence-corrected chi connectivity index (χ3v) is 7.84. The predicted octanol–water partition coefficient (Wildman–Crippen LogP) is 2.60. The molecule has 0 amide bonds. The Labute approximate surface area is 213 Å². The van der Waals surface area contributed by atoms with E-state index < -0.39 is 6.02 Å². The zero-order valence-corrected chi connectivity index (χ0v) is 21.2. The van der Waals surface area contributed by atoms with Gasteiger partial charge in [-0.05, 0) is 75.4 Å². The number of nitrogens with zero attached hydrogens (tertiary/aromatic N) is 6. The minimum atomic E-state index is -0.553. The Morgan fingerprint density at radius 2 is 1.89 bits per heavy atom. The summed E-state index contributed by atoms with van der Waals surface area (Å²) < 4.78 is 21.9. The fraction of sp³-hybridized carbons (Fsp3) is 0.593. The van der Waals surface area contributed by atoms with Gasteiger partial charge in [-0.15, -0.1) is 0 Å². The maximum Gasteiger partial charge on any atom is 0.159 e. The van der Waals surface area contributed by atoms with Gasteiger partial charge in [0.25, 0.3) is 0 Å². The molecular formula is C27H36N6O3. The third-order valence-electron chi connectivity index (χ3n) is 7.84. The number of piperidine rings is 1. The topological polar surface area (TPSA) is 88.8 Å². The minimum absolute atomic E-state index is 0.00513. The molecule has 1 aromatic carbocycles. The number of aromatic nitrogens is 4. The highest BCUT2D eigenvalue weighted by Crippen LogP contribution is 2.34. The Morgan fingerprint density at radius 1 is 1.06 bits per heavy atom. The monoisotopic (exact) mass is 493 g/mol. The average Bonchev–Trinajstić information content (AvgIpc) is 3.54. The summed E-state index contributed by atoms with van der Waals surface area (Å²) in [6.07, 6.45) is 4.59. The smallest absolute Gasteiger partial charge is 0.159 e. The second kappa shape index (κ2) is 10.0. The number of aliphatic hydroxyl groups is 1. The van der Waals surface area contributed by atoms with Crippen LogP contribution in [-0.2, 0) is 9.47 Å². The molecule has 3 aromatic rings. The zero-order chi connectivity index (χ0) is 25.6. The number of aliphatic hydroxyl groups excluding tert-OH is 1. The highest BCUT2D eigenvalue weighted by atomic mass is 16.5. The van der Waals surface area contributed by atoms with Crippen LogP contribution < -0.4 is 4.90 Å². The highest BCUT2D eigenvalue weighted by molar-refractivity contribution is 5.82. The molecule has 1 N–H and O–H groups in total. The van der Waals surface area contributed by atoms with E-state index in [9.17, 15) is 5.11 Å². The molecule has 0 saturated carbocycles. The number of likely N-dealkylation sites (tertiary alicyclic amines) is 1. The lowest BCUT2D eigenvalue weighted by Gasteiger charge is -2.36. The number of aryl methyl sites for hydroxylation is 2. The van der Waals surface area contributed by atoms with Gasteiger partial charge in [0.05, 0.1) is 37.6 Å². The van der Waals surface area contributed by atoms with E-state index in [-0.39, 0.29) is 12.7 Å². The fourth-order valence-electron chi connectivity index (χ4n) is 5.88. The van der Waals surface area contributed by atoms with Crippen molar-refractivity contribution in [3.8, 4) is 5.82 Å². The van der Waals surface area contributed by atoms with E-state index in [2.05, 4.69) is 33.8 Å². The number of fused-ring (bicyclic) bond motifs is 1. The second-order valence-corrected chi connectivity index (χ2v) is 10.2. The van der Waals surface area contributed by atoms with Crippen LogP contribution >= 0.6 is 0 Å². The van der Waals surface area contributed by atoms with Crippen molar-refractivity contribution < 1.29 is 16.0 Å². The van der Waals surface area contributed by atoms with Gasteiger partial charge in [-0.2, -0.15) is 5.10 Å². The van der Waals surface area contributed by atoms with Crippen LogP contribution in [0.1, 0.15) is 43.5 Å².